The van der Waals surface area contributed by atoms with Crippen LogP contribution >= 0.6 is 15.9 Å². The smallest absolute Gasteiger partial charge is 0.354 e. The van der Waals surface area contributed by atoms with Crippen molar-refractivity contribution >= 4 is 37.6 Å². The molecule has 20 heavy (non-hydrogen) atoms. The average Bonchev–Trinajstić information content (AvgIpc) is 2.69. The van der Waals surface area contributed by atoms with Gasteiger partial charge in [-0.05, 0) is 28.1 Å². The van der Waals surface area contributed by atoms with Crippen molar-refractivity contribution in [3.05, 3.63) is 28.6 Å². The summed E-state index contributed by atoms with van der Waals surface area (Å²) in [7, 11) is -2.48. The first-order valence-corrected chi connectivity index (χ1v) is 7.36. The lowest BCUT2D eigenvalue weighted by Gasteiger charge is -2.07. The van der Waals surface area contributed by atoms with Crippen LogP contribution in [0.15, 0.2) is 28.0 Å². The number of aromatic carboxylic acids is 1. The van der Waals surface area contributed by atoms with Crippen LogP contribution in [0.1, 0.15) is 10.5 Å². The highest BCUT2D eigenvalue weighted by molar-refractivity contribution is 9.10. The molecule has 0 amide bonds. The Balaban J connectivity index is 2.31. The van der Waals surface area contributed by atoms with Crippen molar-refractivity contribution in [3.8, 4) is 0 Å². The van der Waals surface area contributed by atoms with Crippen LogP contribution in [-0.2, 0) is 17.1 Å². The van der Waals surface area contributed by atoms with Crippen LogP contribution in [0.3, 0.4) is 0 Å². The van der Waals surface area contributed by atoms with E-state index in [1.165, 1.54) is 19.2 Å². The number of nitrogens with zero attached hydrogens (tertiary/aromatic N) is 4. The second-order valence-electron chi connectivity index (χ2n) is 3.65. The fourth-order valence-electron chi connectivity index (χ4n) is 1.39. The Labute approximate surface area is 121 Å². The second-order valence-corrected chi connectivity index (χ2v) is 6.00. The molecule has 9 nitrogen and oxygen atoms in total. The Bertz CT molecular complexity index is 736. The molecular formula is C9H8BrN5O4S. The normalized spacial score (nSPS) is 11.3. The fourth-order valence-corrected chi connectivity index (χ4v) is 3.53. The molecule has 0 atom stereocenters. The quantitative estimate of drug-likeness (QED) is 0.809. The summed E-state index contributed by atoms with van der Waals surface area (Å²) < 4.78 is 27.7. The van der Waals surface area contributed by atoms with Gasteiger partial charge in [0.1, 0.15) is 5.69 Å². The zero-order chi connectivity index (χ0) is 14.9. The molecule has 0 aromatic carbocycles. The van der Waals surface area contributed by atoms with Crippen LogP contribution in [0.25, 0.3) is 0 Å². The molecule has 0 saturated carbocycles. The molecule has 2 heterocycles. The Morgan fingerprint density at radius 2 is 2.15 bits per heavy atom. The largest absolute Gasteiger partial charge is 0.477 e. The minimum Gasteiger partial charge on any atom is -0.477 e. The van der Waals surface area contributed by atoms with Gasteiger partial charge in [0.15, 0.2) is 4.60 Å². The summed E-state index contributed by atoms with van der Waals surface area (Å²) in [5.74, 6) is -1.20. The summed E-state index contributed by atoms with van der Waals surface area (Å²) >= 11 is 2.99. The maximum atomic E-state index is 12.1. The number of hydrogen-bond acceptors (Lipinski definition) is 6. The van der Waals surface area contributed by atoms with Crippen LogP contribution in [-0.4, -0.2) is 39.5 Å². The first kappa shape index (κ1) is 14.4. The van der Waals surface area contributed by atoms with Crippen LogP contribution in [0.4, 0.5) is 5.69 Å². The molecular weight excluding hydrogens is 354 g/mol. The fraction of sp³-hybridized carbons (Fsp3) is 0.111. The summed E-state index contributed by atoms with van der Waals surface area (Å²) in [6, 6.07) is 2.49. The summed E-state index contributed by atoms with van der Waals surface area (Å²) in [6.07, 6.45) is 1.11. The van der Waals surface area contributed by atoms with Crippen molar-refractivity contribution in [2.75, 3.05) is 4.72 Å². The van der Waals surface area contributed by atoms with E-state index in [0.717, 1.165) is 10.9 Å². The van der Waals surface area contributed by atoms with Crippen molar-refractivity contribution in [3.63, 3.8) is 0 Å². The molecule has 0 spiro atoms. The van der Waals surface area contributed by atoms with E-state index in [9.17, 15) is 13.2 Å². The van der Waals surface area contributed by atoms with Gasteiger partial charge in [0, 0.05) is 7.05 Å². The van der Waals surface area contributed by atoms with E-state index >= 15 is 0 Å². The van der Waals surface area contributed by atoms with Gasteiger partial charge in [-0.25, -0.2) is 14.5 Å². The summed E-state index contributed by atoms with van der Waals surface area (Å²) in [4.78, 5) is 14.3. The van der Waals surface area contributed by atoms with Crippen LogP contribution in [0.2, 0.25) is 0 Å². The van der Waals surface area contributed by atoms with Gasteiger partial charge in [-0.3, -0.25) is 4.72 Å². The number of pyridine rings is 1. The van der Waals surface area contributed by atoms with Gasteiger partial charge >= 0.3 is 5.97 Å². The molecule has 0 unspecified atom stereocenters. The Morgan fingerprint density at radius 3 is 2.60 bits per heavy atom. The Kier molecular flexibility index (Phi) is 3.72. The predicted molar refractivity (Wildman–Crippen MR) is 70.7 cm³/mol. The Morgan fingerprint density at radius 1 is 1.45 bits per heavy atom. The maximum Gasteiger partial charge on any atom is 0.354 e. The Hall–Kier alpha value is -2.01. The third-order valence-electron chi connectivity index (χ3n) is 2.23. The van der Waals surface area contributed by atoms with Gasteiger partial charge in [0.05, 0.1) is 11.9 Å². The van der Waals surface area contributed by atoms with E-state index < -0.39 is 16.0 Å². The number of aromatic nitrogens is 4. The molecule has 0 radical (unpaired) electrons. The zero-order valence-electron chi connectivity index (χ0n) is 9.98. The van der Waals surface area contributed by atoms with E-state index in [-0.39, 0.29) is 21.0 Å². The summed E-state index contributed by atoms with van der Waals surface area (Å²) in [6.45, 7) is 0. The second kappa shape index (κ2) is 5.17. The van der Waals surface area contributed by atoms with Gasteiger partial charge in [-0.15, -0.1) is 5.10 Å². The number of carboxylic acids is 1. The molecule has 0 aliphatic carbocycles. The lowest BCUT2D eigenvalue weighted by atomic mass is 10.3. The van der Waals surface area contributed by atoms with Crippen LogP contribution in [0, 0.1) is 0 Å². The summed E-state index contributed by atoms with van der Waals surface area (Å²) in [5, 5.41) is 15.7. The third kappa shape index (κ3) is 2.77. The number of sulfonamides is 1. The standard InChI is InChI=1S/C9H8BrN5O4S/c1-15-8(7(10)12-14-15)20(18,19)13-5-2-3-6(9(16)17)11-4-5/h2-4,13H,1H3,(H,16,17). The zero-order valence-corrected chi connectivity index (χ0v) is 12.4. The molecule has 0 aliphatic rings. The van der Waals surface area contributed by atoms with Crippen molar-refractivity contribution in [2.24, 2.45) is 7.05 Å². The number of nitrogens with one attached hydrogen (secondary N) is 1. The lowest BCUT2D eigenvalue weighted by Crippen LogP contribution is -2.17. The molecule has 2 rings (SSSR count). The number of carboxylic acid groups (broad SMARTS) is 1. The van der Waals surface area contributed by atoms with E-state index in [4.69, 9.17) is 5.11 Å². The highest BCUT2D eigenvalue weighted by atomic mass is 79.9. The number of hydrogen-bond donors (Lipinski definition) is 2. The van der Waals surface area contributed by atoms with Gasteiger partial charge in [-0.2, -0.15) is 8.42 Å². The molecule has 106 valence electrons. The first-order chi connectivity index (χ1) is 9.31. The highest BCUT2D eigenvalue weighted by Gasteiger charge is 2.24. The molecule has 2 aromatic rings. The SMILES string of the molecule is Cn1nnc(Br)c1S(=O)(=O)Nc1ccc(C(=O)O)nc1. The molecule has 0 fully saturated rings. The topological polar surface area (TPSA) is 127 Å². The molecule has 0 bridgehead atoms. The molecule has 2 N–H and O–H groups in total. The van der Waals surface area contributed by atoms with Gasteiger partial charge < -0.3 is 5.11 Å². The number of rotatable bonds is 4. The molecule has 2 aromatic heterocycles. The van der Waals surface area contributed by atoms with Crippen molar-refractivity contribution in [1.82, 2.24) is 20.0 Å². The monoisotopic (exact) mass is 361 g/mol. The van der Waals surface area contributed by atoms with Gasteiger partial charge in [-0.1, -0.05) is 5.21 Å². The maximum absolute atomic E-state index is 12.1. The number of carbonyl (C=O) groups is 1. The highest BCUT2D eigenvalue weighted by Crippen LogP contribution is 2.21. The lowest BCUT2D eigenvalue weighted by molar-refractivity contribution is 0.0690. The van der Waals surface area contributed by atoms with E-state index in [1.807, 2.05) is 0 Å². The molecule has 11 heteroatoms. The first-order valence-electron chi connectivity index (χ1n) is 5.08. The van der Waals surface area contributed by atoms with E-state index in [2.05, 4.69) is 35.9 Å². The van der Waals surface area contributed by atoms with Crippen molar-refractivity contribution in [1.29, 1.82) is 0 Å². The van der Waals surface area contributed by atoms with Crippen LogP contribution in [0.5, 0.6) is 0 Å². The van der Waals surface area contributed by atoms with E-state index in [0.29, 0.717) is 0 Å². The molecule has 0 saturated heterocycles. The number of halogens is 1. The van der Waals surface area contributed by atoms with Crippen LogP contribution < -0.4 is 4.72 Å². The number of anilines is 1. The minimum absolute atomic E-state index is 0.0719. The minimum atomic E-state index is -3.91. The number of aryl methyl sites for hydroxylation is 1. The van der Waals surface area contributed by atoms with E-state index in [1.54, 1.807) is 0 Å². The third-order valence-corrected chi connectivity index (χ3v) is 4.49. The van der Waals surface area contributed by atoms with Crippen molar-refractivity contribution in [2.45, 2.75) is 5.03 Å². The average molecular weight is 362 g/mol. The van der Waals surface area contributed by atoms with Crippen molar-refractivity contribution < 1.29 is 18.3 Å². The predicted octanol–water partition coefficient (Wildman–Crippen LogP) is 0.472. The summed E-state index contributed by atoms with van der Waals surface area (Å²) in [5.41, 5.74) is -0.0561. The van der Waals surface area contributed by atoms with Gasteiger partial charge in [0.2, 0.25) is 5.03 Å². The van der Waals surface area contributed by atoms with Gasteiger partial charge in [0.25, 0.3) is 10.0 Å². The molecule has 0 aliphatic heterocycles.